The van der Waals surface area contributed by atoms with Crippen LogP contribution in [0.5, 0.6) is 0 Å². The summed E-state index contributed by atoms with van der Waals surface area (Å²) in [6.07, 6.45) is 1.67. The molecule has 0 amide bonds. The molecular formula is C7H14O3P+. The van der Waals surface area contributed by atoms with Crippen molar-refractivity contribution >= 4 is 8.25 Å². The Morgan fingerprint density at radius 2 is 2.00 bits per heavy atom. The van der Waals surface area contributed by atoms with Crippen LogP contribution in [-0.4, -0.2) is 11.7 Å². The Balaban J connectivity index is 2.75. The molecule has 0 N–H and O–H groups in total. The summed E-state index contributed by atoms with van der Waals surface area (Å²) in [7, 11) is -1.85. The van der Waals surface area contributed by atoms with Crippen LogP contribution in [0.4, 0.5) is 0 Å². The van der Waals surface area contributed by atoms with Gasteiger partial charge in [-0.05, 0) is 19.8 Å². The predicted molar refractivity (Wildman–Crippen MR) is 42.6 cm³/mol. The lowest BCUT2D eigenvalue weighted by atomic mass is 9.92. The van der Waals surface area contributed by atoms with E-state index in [1.807, 2.05) is 20.8 Å². The van der Waals surface area contributed by atoms with Crippen molar-refractivity contribution in [3.05, 3.63) is 0 Å². The second kappa shape index (κ2) is 3.18. The van der Waals surface area contributed by atoms with Gasteiger partial charge < -0.3 is 0 Å². The zero-order valence-corrected chi connectivity index (χ0v) is 8.06. The molecule has 0 radical (unpaired) electrons. The Bertz CT molecular complexity index is 165. The van der Waals surface area contributed by atoms with Gasteiger partial charge in [-0.3, -0.25) is 0 Å². The first-order chi connectivity index (χ1) is 5.14. The lowest BCUT2D eigenvalue weighted by molar-refractivity contribution is 0.0390. The van der Waals surface area contributed by atoms with Crippen LogP contribution >= 0.6 is 8.25 Å². The minimum Gasteiger partial charge on any atom is -0.113 e. The molecule has 0 aromatic heterocycles. The molecule has 1 unspecified atom stereocenters. The molecule has 1 aliphatic rings. The van der Waals surface area contributed by atoms with E-state index in [9.17, 15) is 4.57 Å². The van der Waals surface area contributed by atoms with Crippen molar-refractivity contribution in [2.24, 2.45) is 0 Å². The number of hydrogen-bond donors (Lipinski definition) is 0. The van der Waals surface area contributed by atoms with Crippen LogP contribution in [0.2, 0.25) is 0 Å². The van der Waals surface area contributed by atoms with Gasteiger partial charge in [-0.2, -0.15) is 0 Å². The molecular weight excluding hydrogens is 163 g/mol. The molecule has 3 nitrogen and oxygen atoms in total. The van der Waals surface area contributed by atoms with Crippen LogP contribution in [0.25, 0.3) is 0 Å². The van der Waals surface area contributed by atoms with Crippen molar-refractivity contribution < 1.29 is 13.6 Å². The molecule has 1 fully saturated rings. The SMILES string of the molecule is CCC1(CC)O[P+](=O)O[C@H]1C. The standard InChI is InChI=1S/C7H14O3P/c1-4-7(5-2)6(3)9-11(8)10-7/h6H,4-5H2,1-3H3/q+1/t6-/m0/s1. The molecule has 0 bridgehead atoms. The average molecular weight is 177 g/mol. The minimum atomic E-state index is -1.85. The number of rotatable bonds is 2. The van der Waals surface area contributed by atoms with E-state index in [1.54, 1.807) is 0 Å². The second-order valence-corrected chi connectivity index (χ2v) is 3.68. The highest BCUT2D eigenvalue weighted by Gasteiger charge is 2.54. The molecule has 11 heavy (non-hydrogen) atoms. The lowest BCUT2D eigenvalue weighted by Gasteiger charge is -2.20. The van der Waals surface area contributed by atoms with E-state index in [0.29, 0.717) is 0 Å². The Morgan fingerprint density at radius 1 is 1.45 bits per heavy atom. The van der Waals surface area contributed by atoms with Crippen LogP contribution in [0.15, 0.2) is 0 Å². The van der Waals surface area contributed by atoms with Crippen molar-refractivity contribution in [1.29, 1.82) is 0 Å². The van der Waals surface area contributed by atoms with Crippen LogP contribution in [0, 0.1) is 0 Å². The first kappa shape index (κ1) is 9.11. The van der Waals surface area contributed by atoms with Gasteiger partial charge in [0.15, 0.2) is 5.60 Å². The highest BCUT2D eigenvalue weighted by atomic mass is 31.1. The Labute approximate surface area is 68.0 Å². The Morgan fingerprint density at radius 3 is 2.18 bits per heavy atom. The van der Waals surface area contributed by atoms with Crippen LogP contribution in [0.1, 0.15) is 33.6 Å². The molecule has 4 heteroatoms. The van der Waals surface area contributed by atoms with Gasteiger partial charge >= 0.3 is 8.25 Å². The van der Waals surface area contributed by atoms with Gasteiger partial charge in [0.25, 0.3) is 0 Å². The molecule has 0 aromatic rings. The van der Waals surface area contributed by atoms with Gasteiger partial charge in [0.2, 0.25) is 0 Å². The fourth-order valence-electron chi connectivity index (χ4n) is 1.42. The summed E-state index contributed by atoms with van der Waals surface area (Å²) in [4.78, 5) is 0. The molecule has 64 valence electrons. The van der Waals surface area contributed by atoms with Gasteiger partial charge in [-0.1, -0.05) is 13.8 Å². The van der Waals surface area contributed by atoms with E-state index in [4.69, 9.17) is 9.05 Å². The summed E-state index contributed by atoms with van der Waals surface area (Å²) in [6, 6.07) is 0. The van der Waals surface area contributed by atoms with Crippen molar-refractivity contribution in [2.45, 2.75) is 45.3 Å². The molecule has 0 aliphatic carbocycles. The molecule has 0 saturated carbocycles. The quantitative estimate of drug-likeness (QED) is 0.608. The zero-order chi connectivity index (χ0) is 8.48. The first-order valence-corrected chi connectivity index (χ1v) is 5.07. The van der Waals surface area contributed by atoms with Gasteiger partial charge in [0.1, 0.15) is 6.10 Å². The topological polar surface area (TPSA) is 35.5 Å². The lowest BCUT2D eigenvalue weighted by Crippen LogP contribution is -2.36. The van der Waals surface area contributed by atoms with Crippen LogP contribution in [0.3, 0.4) is 0 Å². The maximum Gasteiger partial charge on any atom is 0.698 e. The van der Waals surface area contributed by atoms with E-state index in [2.05, 4.69) is 0 Å². The Hall–Kier alpha value is 0.0200. The summed E-state index contributed by atoms with van der Waals surface area (Å²) < 4.78 is 21.2. The summed E-state index contributed by atoms with van der Waals surface area (Å²) in [6.45, 7) is 5.96. The number of hydrogen-bond acceptors (Lipinski definition) is 3. The first-order valence-electron chi connectivity index (χ1n) is 3.97. The molecule has 0 aromatic carbocycles. The predicted octanol–water partition coefficient (Wildman–Crippen LogP) is 2.64. The second-order valence-electron chi connectivity index (χ2n) is 2.83. The van der Waals surface area contributed by atoms with Crippen molar-refractivity contribution in [2.75, 3.05) is 0 Å². The van der Waals surface area contributed by atoms with Gasteiger partial charge in [-0.15, -0.1) is 9.05 Å². The molecule has 1 heterocycles. The van der Waals surface area contributed by atoms with Crippen LogP contribution in [-0.2, 0) is 13.6 Å². The fourth-order valence-corrected chi connectivity index (χ4v) is 2.62. The third-order valence-electron chi connectivity index (χ3n) is 2.44. The summed E-state index contributed by atoms with van der Waals surface area (Å²) >= 11 is 0. The third-order valence-corrected chi connectivity index (χ3v) is 3.44. The van der Waals surface area contributed by atoms with Crippen molar-refractivity contribution in [3.63, 3.8) is 0 Å². The van der Waals surface area contributed by atoms with E-state index in [-0.39, 0.29) is 11.7 Å². The molecule has 1 saturated heterocycles. The van der Waals surface area contributed by atoms with E-state index >= 15 is 0 Å². The maximum absolute atomic E-state index is 10.9. The summed E-state index contributed by atoms with van der Waals surface area (Å²) in [5.74, 6) is 0. The van der Waals surface area contributed by atoms with E-state index in [1.165, 1.54) is 0 Å². The minimum absolute atomic E-state index is 0.0406. The highest BCUT2D eigenvalue weighted by molar-refractivity contribution is 7.33. The maximum atomic E-state index is 10.9. The molecule has 1 rings (SSSR count). The Kier molecular flexibility index (Phi) is 2.63. The largest absolute Gasteiger partial charge is 0.698 e. The van der Waals surface area contributed by atoms with Gasteiger partial charge in [0, 0.05) is 4.57 Å². The normalized spacial score (nSPS) is 32.6. The van der Waals surface area contributed by atoms with Crippen molar-refractivity contribution in [3.8, 4) is 0 Å². The van der Waals surface area contributed by atoms with E-state index < -0.39 is 8.25 Å². The van der Waals surface area contributed by atoms with Crippen LogP contribution < -0.4 is 0 Å². The van der Waals surface area contributed by atoms with Gasteiger partial charge in [0.05, 0.1) is 0 Å². The molecule has 0 spiro atoms. The average Bonchev–Trinajstić information content (AvgIpc) is 2.27. The smallest absolute Gasteiger partial charge is 0.113 e. The summed E-state index contributed by atoms with van der Waals surface area (Å²) in [5, 5.41) is 0. The summed E-state index contributed by atoms with van der Waals surface area (Å²) in [5.41, 5.74) is -0.298. The van der Waals surface area contributed by atoms with Gasteiger partial charge in [-0.25, -0.2) is 0 Å². The van der Waals surface area contributed by atoms with Crippen molar-refractivity contribution in [1.82, 2.24) is 0 Å². The highest BCUT2D eigenvalue weighted by Crippen LogP contribution is 2.47. The fraction of sp³-hybridized carbons (Fsp3) is 1.00. The molecule has 1 aliphatic heterocycles. The monoisotopic (exact) mass is 177 g/mol. The zero-order valence-electron chi connectivity index (χ0n) is 7.16. The van der Waals surface area contributed by atoms with E-state index in [0.717, 1.165) is 12.8 Å². The molecule has 2 atom stereocenters. The third kappa shape index (κ3) is 1.46.